The van der Waals surface area contributed by atoms with Crippen molar-refractivity contribution in [2.75, 3.05) is 18.0 Å². The van der Waals surface area contributed by atoms with Gasteiger partial charge < -0.3 is 4.90 Å². The zero-order valence-corrected chi connectivity index (χ0v) is 8.29. The lowest BCUT2D eigenvalue weighted by Gasteiger charge is -2.13. The first kappa shape index (κ1) is 7.98. The average molecular weight is 228 g/mol. The first-order valence-electron chi connectivity index (χ1n) is 4.10. The molecule has 2 rings (SSSR count). The third-order valence-electron chi connectivity index (χ3n) is 2.00. The highest BCUT2D eigenvalue weighted by molar-refractivity contribution is 9.10. The molecule has 0 aromatic carbocycles. The van der Waals surface area contributed by atoms with Gasteiger partial charge in [-0.25, -0.2) is 9.97 Å². The van der Waals surface area contributed by atoms with Crippen molar-refractivity contribution in [1.82, 2.24) is 9.97 Å². The molecular weight excluding hydrogens is 218 g/mol. The molecule has 0 saturated carbocycles. The van der Waals surface area contributed by atoms with Crippen LogP contribution in [0, 0.1) is 0 Å². The topological polar surface area (TPSA) is 29.0 Å². The van der Waals surface area contributed by atoms with Gasteiger partial charge in [-0.1, -0.05) is 0 Å². The van der Waals surface area contributed by atoms with Crippen molar-refractivity contribution in [2.45, 2.75) is 12.8 Å². The fourth-order valence-corrected chi connectivity index (χ4v) is 1.67. The molecule has 3 nitrogen and oxygen atoms in total. The van der Waals surface area contributed by atoms with Crippen LogP contribution in [0.15, 0.2) is 16.9 Å². The van der Waals surface area contributed by atoms with Crippen LogP contribution in [0.4, 0.5) is 5.95 Å². The van der Waals surface area contributed by atoms with Crippen molar-refractivity contribution >= 4 is 21.9 Å². The van der Waals surface area contributed by atoms with Crippen LogP contribution in [-0.2, 0) is 0 Å². The van der Waals surface area contributed by atoms with Gasteiger partial charge in [-0.05, 0) is 34.8 Å². The normalized spacial score (nSPS) is 16.9. The minimum Gasteiger partial charge on any atom is -0.341 e. The number of anilines is 1. The summed E-state index contributed by atoms with van der Waals surface area (Å²) in [6.07, 6.45) is 4.30. The van der Waals surface area contributed by atoms with E-state index in [1.165, 1.54) is 12.8 Å². The third-order valence-corrected chi connectivity index (χ3v) is 2.44. The number of aromatic nitrogens is 2. The molecule has 0 spiro atoms. The van der Waals surface area contributed by atoms with Crippen LogP contribution in [0.3, 0.4) is 0 Å². The Labute approximate surface area is 80.0 Å². The maximum absolute atomic E-state index is 4.29. The van der Waals surface area contributed by atoms with Crippen molar-refractivity contribution in [2.24, 2.45) is 0 Å². The van der Waals surface area contributed by atoms with E-state index in [-0.39, 0.29) is 0 Å². The molecular formula is C8H10BrN3. The zero-order valence-electron chi connectivity index (χ0n) is 6.70. The lowest BCUT2D eigenvalue weighted by atomic mass is 10.4. The largest absolute Gasteiger partial charge is 0.341 e. The molecule has 0 unspecified atom stereocenters. The molecule has 12 heavy (non-hydrogen) atoms. The van der Waals surface area contributed by atoms with E-state index in [1.807, 2.05) is 6.07 Å². The highest BCUT2D eigenvalue weighted by Gasteiger charge is 2.14. The van der Waals surface area contributed by atoms with Gasteiger partial charge in [-0.3, -0.25) is 0 Å². The third kappa shape index (κ3) is 1.58. The summed E-state index contributed by atoms with van der Waals surface area (Å²) >= 11 is 3.33. The fourth-order valence-electron chi connectivity index (χ4n) is 1.40. The van der Waals surface area contributed by atoms with E-state index in [0.717, 1.165) is 23.6 Å². The summed E-state index contributed by atoms with van der Waals surface area (Å²) in [5.74, 6) is 0.849. The Morgan fingerprint density at radius 1 is 1.33 bits per heavy atom. The predicted molar refractivity (Wildman–Crippen MR) is 51.2 cm³/mol. The van der Waals surface area contributed by atoms with E-state index < -0.39 is 0 Å². The minimum absolute atomic E-state index is 0.849. The Hall–Kier alpha value is -0.640. The molecule has 0 bridgehead atoms. The van der Waals surface area contributed by atoms with Crippen molar-refractivity contribution < 1.29 is 0 Å². The van der Waals surface area contributed by atoms with Gasteiger partial charge in [0.1, 0.15) is 4.60 Å². The Bertz CT molecular complexity index is 271. The molecule has 1 aromatic rings. The van der Waals surface area contributed by atoms with Crippen molar-refractivity contribution in [1.29, 1.82) is 0 Å². The smallest absolute Gasteiger partial charge is 0.226 e. The average Bonchev–Trinajstić information content (AvgIpc) is 2.56. The Kier molecular flexibility index (Phi) is 2.26. The van der Waals surface area contributed by atoms with Crippen LogP contribution in [0.25, 0.3) is 0 Å². The van der Waals surface area contributed by atoms with Gasteiger partial charge in [-0.2, -0.15) is 0 Å². The summed E-state index contributed by atoms with van der Waals surface area (Å²) in [6.45, 7) is 2.19. The van der Waals surface area contributed by atoms with Gasteiger partial charge in [0.2, 0.25) is 5.95 Å². The molecule has 4 heteroatoms. The second-order valence-corrected chi connectivity index (χ2v) is 3.69. The molecule has 0 atom stereocenters. The number of hydrogen-bond donors (Lipinski definition) is 0. The molecule has 1 aliphatic rings. The first-order valence-corrected chi connectivity index (χ1v) is 4.89. The number of nitrogens with zero attached hydrogens (tertiary/aromatic N) is 3. The lowest BCUT2D eigenvalue weighted by molar-refractivity contribution is 0.893. The van der Waals surface area contributed by atoms with E-state index in [1.54, 1.807) is 6.20 Å². The number of rotatable bonds is 1. The summed E-state index contributed by atoms with van der Waals surface area (Å²) < 4.78 is 0.861. The molecule has 1 fully saturated rings. The standard InChI is InChI=1S/C8H10BrN3/c9-7-3-4-10-8(11-7)12-5-1-2-6-12/h3-4H,1-2,5-6H2. The Morgan fingerprint density at radius 2 is 2.08 bits per heavy atom. The predicted octanol–water partition coefficient (Wildman–Crippen LogP) is 1.84. The van der Waals surface area contributed by atoms with E-state index in [2.05, 4.69) is 30.8 Å². The zero-order chi connectivity index (χ0) is 8.39. The maximum Gasteiger partial charge on any atom is 0.226 e. The fraction of sp³-hybridized carbons (Fsp3) is 0.500. The maximum atomic E-state index is 4.29. The van der Waals surface area contributed by atoms with E-state index >= 15 is 0 Å². The van der Waals surface area contributed by atoms with Gasteiger partial charge in [0.05, 0.1) is 0 Å². The van der Waals surface area contributed by atoms with Crippen LogP contribution in [0.1, 0.15) is 12.8 Å². The molecule has 0 amide bonds. The van der Waals surface area contributed by atoms with Crippen molar-refractivity contribution in [3.8, 4) is 0 Å². The number of hydrogen-bond acceptors (Lipinski definition) is 3. The molecule has 0 N–H and O–H groups in total. The first-order chi connectivity index (χ1) is 5.86. The quantitative estimate of drug-likeness (QED) is 0.686. The number of halogens is 1. The van der Waals surface area contributed by atoms with Crippen LogP contribution in [0.2, 0.25) is 0 Å². The van der Waals surface area contributed by atoms with E-state index in [0.29, 0.717) is 0 Å². The molecule has 0 radical (unpaired) electrons. The summed E-state index contributed by atoms with van der Waals surface area (Å²) in [7, 11) is 0. The van der Waals surface area contributed by atoms with Crippen LogP contribution < -0.4 is 4.90 Å². The molecule has 0 aliphatic carbocycles. The molecule has 1 aliphatic heterocycles. The van der Waals surface area contributed by atoms with E-state index in [4.69, 9.17) is 0 Å². The SMILES string of the molecule is Brc1ccnc(N2CCCC2)n1. The van der Waals surface area contributed by atoms with Crippen molar-refractivity contribution in [3.05, 3.63) is 16.9 Å². The summed E-state index contributed by atoms with van der Waals surface area (Å²) in [5.41, 5.74) is 0. The highest BCUT2D eigenvalue weighted by Crippen LogP contribution is 2.16. The minimum atomic E-state index is 0.849. The van der Waals surface area contributed by atoms with Crippen LogP contribution in [0.5, 0.6) is 0 Å². The molecule has 2 heterocycles. The molecule has 1 saturated heterocycles. The Balaban J connectivity index is 2.21. The molecule has 64 valence electrons. The summed E-state index contributed by atoms with van der Waals surface area (Å²) in [6, 6.07) is 1.85. The Morgan fingerprint density at radius 3 is 2.75 bits per heavy atom. The van der Waals surface area contributed by atoms with Crippen LogP contribution in [-0.4, -0.2) is 23.1 Å². The summed E-state index contributed by atoms with van der Waals surface area (Å²) in [4.78, 5) is 10.7. The second kappa shape index (κ2) is 3.39. The lowest BCUT2D eigenvalue weighted by Crippen LogP contribution is -2.20. The second-order valence-electron chi connectivity index (χ2n) is 2.87. The van der Waals surface area contributed by atoms with Gasteiger partial charge in [0.25, 0.3) is 0 Å². The molecule has 1 aromatic heterocycles. The van der Waals surface area contributed by atoms with Gasteiger partial charge in [0, 0.05) is 19.3 Å². The summed E-state index contributed by atoms with van der Waals surface area (Å²) in [5, 5.41) is 0. The highest BCUT2D eigenvalue weighted by atomic mass is 79.9. The van der Waals surface area contributed by atoms with Gasteiger partial charge >= 0.3 is 0 Å². The van der Waals surface area contributed by atoms with Gasteiger partial charge in [-0.15, -0.1) is 0 Å². The monoisotopic (exact) mass is 227 g/mol. The van der Waals surface area contributed by atoms with Gasteiger partial charge in [0.15, 0.2) is 0 Å². The van der Waals surface area contributed by atoms with Crippen molar-refractivity contribution in [3.63, 3.8) is 0 Å². The van der Waals surface area contributed by atoms with Crippen LogP contribution >= 0.6 is 15.9 Å². The van der Waals surface area contributed by atoms with E-state index in [9.17, 15) is 0 Å².